The van der Waals surface area contributed by atoms with Crippen molar-refractivity contribution in [2.45, 2.75) is 38.0 Å². The van der Waals surface area contributed by atoms with E-state index >= 15 is 0 Å². The molecule has 1 heteroatoms. The SMILES string of the molecule is C=C1/C=C\c2ccccc2C2=C(CCC(/C=C\C=C/C)=C2)C12c1ccccc1-c1ccc(C3=CC=C(NC4=CCC(Cc5ccccc5)C=C4)C=CC=CC=CC=C3)cc12. The number of rotatable bonds is 7. The minimum atomic E-state index is -0.528. The topological polar surface area (TPSA) is 12.0 Å². The molecular formula is C59H51N. The molecule has 292 valence electrons. The average molecular weight is 774 g/mol. The van der Waals surface area contributed by atoms with E-state index in [1.165, 1.54) is 61.2 Å². The summed E-state index contributed by atoms with van der Waals surface area (Å²) in [6.45, 7) is 7.02. The fourth-order valence-corrected chi connectivity index (χ4v) is 9.46. The summed E-state index contributed by atoms with van der Waals surface area (Å²) in [5.74, 6) is 0.497. The summed E-state index contributed by atoms with van der Waals surface area (Å²) in [7, 11) is 0. The van der Waals surface area contributed by atoms with Gasteiger partial charge in [0.1, 0.15) is 0 Å². The molecule has 1 N–H and O–H groups in total. The third-order valence-corrected chi connectivity index (χ3v) is 12.3. The maximum Gasteiger partial charge on any atom is 0.0677 e. The summed E-state index contributed by atoms with van der Waals surface area (Å²) in [5, 5.41) is 3.73. The van der Waals surface area contributed by atoms with Gasteiger partial charge in [0, 0.05) is 11.4 Å². The number of allylic oxidation sites excluding steroid dienone is 24. The molecule has 0 aliphatic heterocycles. The van der Waals surface area contributed by atoms with Crippen LogP contribution in [0.3, 0.4) is 0 Å². The van der Waals surface area contributed by atoms with Gasteiger partial charge in [0.05, 0.1) is 5.41 Å². The van der Waals surface area contributed by atoms with E-state index in [9.17, 15) is 0 Å². The second-order valence-electron chi connectivity index (χ2n) is 16.1. The Morgan fingerprint density at radius 1 is 0.683 bits per heavy atom. The first-order chi connectivity index (χ1) is 29.6. The van der Waals surface area contributed by atoms with Crippen molar-refractivity contribution in [2.24, 2.45) is 5.92 Å². The first-order valence-electron chi connectivity index (χ1n) is 21.4. The average Bonchev–Trinajstić information content (AvgIpc) is 3.58. The van der Waals surface area contributed by atoms with Crippen LogP contribution in [0.5, 0.6) is 0 Å². The van der Waals surface area contributed by atoms with E-state index in [4.69, 9.17) is 6.58 Å². The predicted molar refractivity (Wildman–Crippen MR) is 257 cm³/mol. The molecule has 0 bridgehead atoms. The van der Waals surface area contributed by atoms with Crippen molar-refractivity contribution in [3.8, 4) is 11.1 Å². The van der Waals surface area contributed by atoms with Gasteiger partial charge in [-0.15, -0.1) is 0 Å². The van der Waals surface area contributed by atoms with E-state index in [-0.39, 0.29) is 0 Å². The molecule has 4 aromatic rings. The number of benzene rings is 4. The Morgan fingerprint density at radius 2 is 1.45 bits per heavy atom. The first kappa shape index (κ1) is 38.6. The zero-order chi connectivity index (χ0) is 40.7. The molecule has 0 saturated carbocycles. The van der Waals surface area contributed by atoms with E-state index in [1.54, 1.807) is 0 Å². The van der Waals surface area contributed by atoms with Crippen LogP contribution in [0.25, 0.3) is 28.3 Å². The fraction of sp³-hybridized carbons (Fsp3) is 0.119. The second kappa shape index (κ2) is 17.5. The molecular weight excluding hydrogens is 723 g/mol. The zero-order valence-electron chi connectivity index (χ0n) is 34.4. The van der Waals surface area contributed by atoms with Crippen molar-refractivity contribution in [3.63, 3.8) is 0 Å². The maximum atomic E-state index is 4.95. The molecule has 0 radical (unpaired) electrons. The zero-order valence-corrected chi connectivity index (χ0v) is 34.4. The van der Waals surface area contributed by atoms with Crippen molar-refractivity contribution >= 4 is 17.2 Å². The van der Waals surface area contributed by atoms with Gasteiger partial charge in [0.25, 0.3) is 0 Å². The Bertz CT molecular complexity index is 2740. The Kier molecular flexibility index (Phi) is 11.2. The van der Waals surface area contributed by atoms with Crippen molar-refractivity contribution in [1.29, 1.82) is 0 Å². The van der Waals surface area contributed by atoms with E-state index in [2.05, 4.69) is 231 Å². The van der Waals surface area contributed by atoms with Crippen LogP contribution in [0.1, 0.15) is 59.6 Å². The molecule has 2 atom stereocenters. The highest BCUT2D eigenvalue weighted by atomic mass is 14.9. The van der Waals surface area contributed by atoms with Gasteiger partial charge in [-0.25, -0.2) is 0 Å². The van der Waals surface area contributed by atoms with E-state index in [1.807, 2.05) is 0 Å². The molecule has 60 heavy (non-hydrogen) atoms. The molecule has 4 aromatic carbocycles. The monoisotopic (exact) mass is 773 g/mol. The van der Waals surface area contributed by atoms with Gasteiger partial charge in [-0.05, 0) is 135 Å². The van der Waals surface area contributed by atoms with Crippen LogP contribution in [0, 0.1) is 5.92 Å². The van der Waals surface area contributed by atoms with Crippen LogP contribution in [0.15, 0.2) is 247 Å². The molecule has 0 fully saturated rings. The normalized spacial score (nSPS) is 21.2. The molecule has 5 aliphatic rings. The van der Waals surface area contributed by atoms with Gasteiger partial charge in [0.15, 0.2) is 0 Å². The Hall–Kier alpha value is -6.96. The molecule has 0 heterocycles. The highest BCUT2D eigenvalue weighted by Crippen LogP contribution is 2.60. The van der Waals surface area contributed by atoms with Crippen molar-refractivity contribution in [2.75, 3.05) is 0 Å². The standard InChI is InChI=1S/C59H51N/c1-3-4-10-19-45-31-39-57-55(41-45)52-25-16-15-23-48(52)32-28-43(2)59(57)56-27-18-17-26-53(56)54-38-34-49(42-58(54)59)47-22-13-7-5-6-8-14-24-50(37-33-47)60-51-35-29-46(30-36-51)40-44-20-11-9-12-21-44/h3-29,32-38,41-42,46,60H,2,30-31,39-40H2,1H3/b4-3-,6-5?,7-5?,8-6?,13-7?,14-8?,19-10-,22-13?,24-14?,32-28-,37-33?,47-22?,47-33?,50-24?,50-37?. The molecule has 0 aromatic heterocycles. The highest BCUT2D eigenvalue weighted by Gasteiger charge is 2.49. The van der Waals surface area contributed by atoms with E-state index in [0.29, 0.717) is 5.92 Å². The summed E-state index contributed by atoms with van der Waals surface area (Å²) in [6.07, 6.45) is 47.9. The Balaban J connectivity index is 1.15. The van der Waals surface area contributed by atoms with Gasteiger partial charge >= 0.3 is 0 Å². The fourth-order valence-electron chi connectivity index (χ4n) is 9.46. The van der Waals surface area contributed by atoms with Crippen LogP contribution in [0.4, 0.5) is 0 Å². The van der Waals surface area contributed by atoms with E-state index < -0.39 is 5.41 Å². The highest BCUT2D eigenvalue weighted by molar-refractivity contribution is 5.95. The van der Waals surface area contributed by atoms with Gasteiger partial charge in [-0.1, -0.05) is 201 Å². The van der Waals surface area contributed by atoms with Crippen molar-refractivity contribution < 1.29 is 0 Å². The molecule has 1 spiro atoms. The van der Waals surface area contributed by atoms with Gasteiger partial charge in [-0.2, -0.15) is 0 Å². The van der Waals surface area contributed by atoms with E-state index in [0.717, 1.165) is 48.2 Å². The second-order valence-corrected chi connectivity index (χ2v) is 16.1. The molecule has 0 amide bonds. The third kappa shape index (κ3) is 7.68. The molecule has 2 unspecified atom stereocenters. The molecule has 9 rings (SSSR count). The maximum absolute atomic E-state index is 4.95. The van der Waals surface area contributed by atoms with Gasteiger partial charge < -0.3 is 5.32 Å². The third-order valence-electron chi connectivity index (χ3n) is 12.3. The number of hydrogen-bond donors (Lipinski definition) is 1. The summed E-state index contributed by atoms with van der Waals surface area (Å²) in [5.41, 5.74) is 18.1. The van der Waals surface area contributed by atoms with Crippen LogP contribution in [0.2, 0.25) is 0 Å². The summed E-state index contributed by atoms with van der Waals surface area (Å²) in [6, 6.07) is 35.8. The minimum Gasteiger partial charge on any atom is -0.356 e. The smallest absolute Gasteiger partial charge is 0.0677 e. The van der Waals surface area contributed by atoms with Crippen molar-refractivity contribution in [1.82, 2.24) is 5.32 Å². The van der Waals surface area contributed by atoms with Gasteiger partial charge in [0.2, 0.25) is 0 Å². The Morgan fingerprint density at radius 3 is 2.28 bits per heavy atom. The van der Waals surface area contributed by atoms with Crippen LogP contribution >= 0.6 is 0 Å². The Labute approximate surface area is 356 Å². The molecule has 1 nitrogen and oxygen atoms in total. The lowest BCUT2D eigenvalue weighted by Crippen LogP contribution is -2.32. The van der Waals surface area contributed by atoms with Crippen molar-refractivity contribution in [3.05, 3.63) is 281 Å². The number of nitrogens with one attached hydrogen (secondary N) is 1. The summed E-state index contributed by atoms with van der Waals surface area (Å²) in [4.78, 5) is 0. The first-order valence-corrected chi connectivity index (χ1v) is 21.4. The van der Waals surface area contributed by atoms with Crippen LogP contribution in [-0.2, 0) is 11.8 Å². The van der Waals surface area contributed by atoms with Crippen LogP contribution < -0.4 is 5.32 Å². The molecule has 5 aliphatic carbocycles. The number of fused-ring (bicyclic) bond motifs is 8. The molecule has 0 saturated heterocycles. The van der Waals surface area contributed by atoms with Crippen LogP contribution in [-0.4, -0.2) is 0 Å². The largest absolute Gasteiger partial charge is 0.356 e. The predicted octanol–water partition coefficient (Wildman–Crippen LogP) is 14.6. The lowest BCUT2D eigenvalue weighted by atomic mass is 9.61. The lowest BCUT2D eigenvalue weighted by molar-refractivity contribution is 0.645. The number of hydrogen-bond acceptors (Lipinski definition) is 1. The lowest BCUT2D eigenvalue weighted by Gasteiger charge is -2.40. The quantitative estimate of drug-likeness (QED) is 0.184. The summed E-state index contributed by atoms with van der Waals surface area (Å²) >= 11 is 0. The summed E-state index contributed by atoms with van der Waals surface area (Å²) < 4.78 is 0. The minimum absolute atomic E-state index is 0.497. The van der Waals surface area contributed by atoms with Gasteiger partial charge in [-0.3, -0.25) is 0 Å².